The van der Waals surface area contributed by atoms with Gasteiger partial charge in [0.2, 0.25) is 10.0 Å². The van der Waals surface area contributed by atoms with Gasteiger partial charge in [-0.15, -0.1) is 0 Å². The van der Waals surface area contributed by atoms with Crippen LogP contribution in [0.15, 0.2) is 16.7 Å². The van der Waals surface area contributed by atoms with E-state index in [1.165, 1.54) is 0 Å². The van der Waals surface area contributed by atoms with Crippen LogP contribution in [0.1, 0.15) is 38.5 Å². The van der Waals surface area contributed by atoms with E-state index in [2.05, 4.69) is 12.2 Å². The Labute approximate surface area is 127 Å². The predicted octanol–water partition coefficient (Wildman–Crippen LogP) is 2.13. The summed E-state index contributed by atoms with van der Waals surface area (Å²) in [6.45, 7) is 9.50. The molecule has 1 aromatic rings. The Morgan fingerprint density at radius 1 is 1.48 bits per heavy atom. The van der Waals surface area contributed by atoms with E-state index in [0.29, 0.717) is 31.6 Å². The number of furan rings is 1. The fraction of sp³-hybridized carbons (Fsp3) is 0.733. The van der Waals surface area contributed by atoms with E-state index in [1.54, 1.807) is 24.4 Å². The Morgan fingerprint density at radius 2 is 2.19 bits per heavy atom. The lowest BCUT2D eigenvalue weighted by Crippen LogP contribution is -2.51. The minimum absolute atomic E-state index is 0.294. The van der Waals surface area contributed by atoms with Crippen molar-refractivity contribution in [3.8, 4) is 0 Å². The van der Waals surface area contributed by atoms with Gasteiger partial charge in [-0.05, 0) is 44.7 Å². The quantitative estimate of drug-likeness (QED) is 0.904. The SMILES string of the molecule is Cc1ccoc1CN[C@H]1CCN(S(=O)(=O)C(C)C)C[C@@H]1C. The number of sulfonamides is 1. The summed E-state index contributed by atoms with van der Waals surface area (Å²) in [6, 6.07) is 2.28. The largest absolute Gasteiger partial charge is 0.468 e. The number of aryl methyl sites for hydroxylation is 1. The monoisotopic (exact) mass is 314 g/mol. The zero-order valence-corrected chi connectivity index (χ0v) is 14.1. The fourth-order valence-corrected chi connectivity index (χ4v) is 4.15. The summed E-state index contributed by atoms with van der Waals surface area (Å²) in [5.74, 6) is 1.25. The van der Waals surface area contributed by atoms with E-state index in [-0.39, 0.29) is 5.25 Å². The van der Waals surface area contributed by atoms with Crippen LogP contribution in [0.3, 0.4) is 0 Å². The summed E-state index contributed by atoms with van der Waals surface area (Å²) < 4.78 is 31.5. The molecule has 0 radical (unpaired) electrons. The zero-order chi connectivity index (χ0) is 15.6. The first-order valence-electron chi connectivity index (χ1n) is 7.57. The summed E-state index contributed by atoms with van der Waals surface area (Å²) in [6.07, 6.45) is 2.54. The molecule has 1 saturated heterocycles. The van der Waals surface area contributed by atoms with Crippen LogP contribution in [0.4, 0.5) is 0 Å². The molecule has 1 aliphatic heterocycles. The normalized spacial score (nSPS) is 24.6. The van der Waals surface area contributed by atoms with Crippen molar-refractivity contribution >= 4 is 10.0 Å². The first-order chi connectivity index (χ1) is 9.82. The van der Waals surface area contributed by atoms with E-state index >= 15 is 0 Å². The number of nitrogens with zero attached hydrogens (tertiary/aromatic N) is 1. The summed E-state index contributed by atoms with van der Waals surface area (Å²) in [5.41, 5.74) is 1.15. The van der Waals surface area contributed by atoms with Crippen LogP contribution in [0.5, 0.6) is 0 Å². The maximum absolute atomic E-state index is 12.2. The summed E-state index contributed by atoms with van der Waals surface area (Å²) >= 11 is 0. The highest BCUT2D eigenvalue weighted by molar-refractivity contribution is 7.89. The Morgan fingerprint density at radius 3 is 2.71 bits per heavy atom. The molecular formula is C15H26N2O3S. The van der Waals surface area contributed by atoms with Gasteiger partial charge in [0, 0.05) is 19.1 Å². The molecule has 1 fully saturated rings. The van der Waals surface area contributed by atoms with Crippen molar-refractivity contribution in [3.05, 3.63) is 23.7 Å². The van der Waals surface area contributed by atoms with Gasteiger partial charge in [-0.2, -0.15) is 0 Å². The van der Waals surface area contributed by atoms with Crippen molar-refractivity contribution in [1.82, 2.24) is 9.62 Å². The Hall–Kier alpha value is -0.850. The second-order valence-corrected chi connectivity index (χ2v) is 8.72. The van der Waals surface area contributed by atoms with Crippen LogP contribution in [-0.2, 0) is 16.6 Å². The average Bonchev–Trinajstić information content (AvgIpc) is 2.82. The van der Waals surface area contributed by atoms with Gasteiger partial charge in [0.05, 0.1) is 18.1 Å². The molecule has 1 N–H and O–H groups in total. The molecule has 0 unspecified atom stereocenters. The van der Waals surface area contributed by atoms with Crippen molar-refractivity contribution in [3.63, 3.8) is 0 Å². The molecule has 1 aromatic heterocycles. The molecule has 0 aromatic carbocycles. The molecule has 0 saturated carbocycles. The lowest BCUT2D eigenvalue weighted by Gasteiger charge is -2.37. The molecule has 120 valence electrons. The molecule has 2 atom stereocenters. The third-order valence-electron chi connectivity index (χ3n) is 4.32. The molecule has 5 nitrogen and oxygen atoms in total. The highest BCUT2D eigenvalue weighted by Crippen LogP contribution is 2.22. The molecule has 0 bridgehead atoms. The number of hydrogen-bond acceptors (Lipinski definition) is 4. The second kappa shape index (κ2) is 6.50. The number of nitrogens with one attached hydrogen (secondary N) is 1. The third-order valence-corrected chi connectivity index (χ3v) is 6.56. The number of hydrogen-bond donors (Lipinski definition) is 1. The van der Waals surface area contributed by atoms with Gasteiger partial charge in [0.1, 0.15) is 5.76 Å². The van der Waals surface area contributed by atoms with E-state index < -0.39 is 10.0 Å². The van der Waals surface area contributed by atoms with Crippen LogP contribution < -0.4 is 5.32 Å². The fourth-order valence-electron chi connectivity index (χ4n) is 2.75. The minimum atomic E-state index is -3.13. The molecule has 1 aliphatic rings. The van der Waals surface area contributed by atoms with Crippen molar-refractivity contribution in [2.45, 2.75) is 52.0 Å². The Balaban J connectivity index is 1.91. The zero-order valence-electron chi connectivity index (χ0n) is 13.3. The number of rotatable bonds is 5. The lowest BCUT2D eigenvalue weighted by atomic mass is 9.95. The standard InChI is InChI=1S/C15H26N2O3S/c1-11(2)21(18,19)17-7-5-14(13(4)10-17)16-9-15-12(3)6-8-20-15/h6,8,11,13-14,16H,5,7,9-10H2,1-4H3/t13-,14-/m0/s1. The topological polar surface area (TPSA) is 62.6 Å². The Bertz CT molecular complexity index is 565. The maximum atomic E-state index is 12.2. The molecule has 0 amide bonds. The lowest BCUT2D eigenvalue weighted by molar-refractivity contribution is 0.215. The van der Waals surface area contributed by atoms with Crippen LogP contribution >= 0.6 is 0 Å². The molecule has 2 heterocycles. The van der Waals surface area contributed by atoms with E-state index in [1.807, 2.05) is 13.0 Å². The molecule has 2 rings (SSSR count). The van der Waals surface area contributed by atoms with Crippen LogP contribution in [0.25, 0.3) is 0 Å². The molecule has 0 aliphatic carbocycles. The van der Waals surface area contributed by atoms with Gasteiger partial charge in [-0.3, -0.25) is 0 Å². The van der Waals surface area contributed by atoms with Crippen LogP contribution in [0, 0.1) is 12.8 Å². The third kappa shape index (κ3) is 3.67. The van der Waals surface area contributed by atoms with Gasteiger partial charge in [-0.1, -0.05) is 6.92 Å². The maximum Gasteiger partial charge on any atom is 0.216 e. The van der Waals surface area contributed by atoms with E-state index in [9.17, 15) is 8.42 Å². The van der Waals surface area contributed by atoms with Crippen LogP contribution in [-0.4, -0.2) is 37.1 Å². The second-order valence-electron chi connectivity index (χ2n) is 6.23. The smallest absolute Gasteiger partial charge is 0.216 e. The Kier molecular flexibility index (Phi) is 5.11. The number of piperidine rings is 1. The highest BCUT2D eigenvalue weighted by atomic mass is 32.2. The van der Waals surface area contributed by atoms with Gasteiger partial charge in [-0.25, -0.2) is 12.7 Å². The summed E-state index contributed by atoms with van der Waals surface area (Å²) in [4.78, 5) is 0. The van der Waals surface area contributed by atoms with Crippen molar-refractivity contribution in [1.29, 1.82) is 0 Å². The van der Waals surface area contributed by atoms with Crippen molar-refractivity contribution in [2.75, 3.05) is 13.1 Å². The van der Waals surface area contributed by atoms with Crippen molar-refractivity contribution in [2.24, 2.45) is 5.92 Å². The molecule has 21 heavy (non-hydrogen) atoms. The molecule has 0 spiro atoms. The predicted molar refractivity (Wildman–Crippen MR) is 83.5 cm³/mol. The van der Waals surface area contributed by atoms with Gasteiger partial charge in [0.25, 0.3) is 0 Å². The minimum Gasteiger partial charge on any atom is -0.468 e. The first-order valence-corrected chi connectivity index (χ1v) is 9.08. The van der Waals surface area contributed by atoms with Gasteiger partial charge >= 0.3 is 0 Å². The van der Waals surface area contributed by atoms with Crippen molar-refractivity contribution < 1.29 is 12.8 Å². The molecular weight excluding hydrogens is 288 g/mol. The van der Waals surface area contributed by atoms with Crippen LogP contribution in [0.2, 0.25) is 0 Å². The summed E-state index contributed by atoms with van der Waals surface area (Å²) in [7, 11) is -3.13. The molecule has 6 heteroatoms. The van der Waals surface area contributed by atoms with E-state index in [0.717, 1.165) is 17.7 Å². The van der Waals surface area contributed by atoms with Gasteiger partial charge < -0.3 is 9.73 Å². The summed E-state index contributed by atoms with van der Waals surface area (Å²) in [5, 5.41) is 3.15. The first kappa shape index (κ1) is 16.5. The average molecular weight is 314 g/mol. The highest BCUT2D eigenvalue weighted by Gasteiger charge is 2.33. The van der Waals surface area contributed by atoms with Gasteiger partial charge in [0.15, 0.2) is 0 Å². The van der Waals surface area contributed by atoms with E-state index in [4.69, 9.17) is 4.42 Å².